The summed E-state index contributed by atoms with van der Waals surface area (Å²) in [6.07, 6.45) is 9.39. The molecule has 0 atom stereocenters. The Morgan fingerprint density at radius 2 is 1.62 bits per heavy atom. The maximum atomic E-state index is 12.7. The summed E-state index contributed by atoms with van der Waals surface area (Å²) in [6, 6.07) is 1.70. The van der Waals surface area contributed by atoms with Gasteiger partial charge in [-0.1, -0.05) is 12.8 Å². The Bertz CT molecular complexity index is 331. The van der Waals surface area contributed by atoms with Crippen molar-refractivity contribution < 1.29 is 4.79 Å². The number of carbonyl (C=O) groups excluding carboxylic acids is 1. The number of nitrogens with zero attached hydrogens (tertiary/aromatic N) is 2. The quantitative estimate of drug-likeness (QED) is 0.847. The van der Waals surface area contributed by atoms with Crippen LogP contribution in [0.5, 0.6) is 0 Å². The van der Waals surface area contributed by atoms with Gasteiger partial charge in [-0.3, -0.25) is 9.69 Å². The molecule has 0 aromatic rings. The number of likely N-dealkylation sites (N-methyl/N-ethyl adjacent to an activating group) is 1. The van der Waals surface area contributed by atoms with E-state index in [1.165, 1.54) is 25.7 Å². The standard InChI is InChI=1S/C17H33N3O/c1-13(2)20(16-6-4-5-7-16)17(21)12-19(3)15-10-8-14(18)9-11-15/h13-16H,4-12,18H2,1-3H3. The van der Waals surface area contributed by atoms with E-state index in [1.54, 1.807) is 0 Å². The molecule has 2 aliphatic carbocycles. The van der Waals surface area contributed by atoms with Crippen molar-refractivity contribution >= 4 is 5.91 Å². The fraction of sp³-hybridized carbons (Fsp3) is 0.941. The zero-order valence-corrected chi connectivity index (χ0v) is 14.1. The molecule has 2 aliphatic rings. The molecule has 4 nitrogen and oxygen atoms in total. The summed E-state index contributed by atoms with van der Waals surface area (Å²) in [6.45, 7) is 4.86. The molecule has 0 bridgehead atoms. The third-order valence-corrected chi connectivity index (χ3v) is 5.31. The van der Waals surface area contributed by atoms with Crippen LogP contribution in [0.15, 0.2) is 0 Å². The summed E-state index contributed by atoms with van der Waals surface area (Å²) < 4.78 is 0. The zero-order valence-electron chi connectivity index (χ0n) is 14.1. The number of amides is 1. The van der Waals surface area contributed by atoms with E-state index in [2.05, 4.69) is 30.7 Å². The largest absolute Gasteiger partial charge is 0.336 e. The molecule has 2 fully saturated rings. The van der Waals surface area contributed by atoms with Gasteiger partial charge in [-0.15, -0.1) is 0 Å². The van der Waals surface area contributed by atoms with Gasteiger partial charge in [0.25, 0.3) is 0 Å². The van der Waals surface area contributed by atoms with Gasteiger partial charge in [0.15, 0.2) is 0 Å². The fourth-order valence-corrected chi connectivity index (χ4v) is 4.06. The second kappa shape index (κ2) is 7.59. The van der Waals surface area contributed by atoms with Crippen molar-refractivity contribution in [2.75, 3.05) is 13.6 Å². The Balaban J connectivity index is 1.88. The first-order valence-electron chi connectivity index (χ1n) is 8.76. The van der Waals surface area contributed by atoms with Gasteiger partial charge in [0.05, 0.1) is 6.54 Å². The molecule has 122 valence electrons. The van der Waals surface area contributed by atoms with Crippen LogP contribution in [0.1, 0.15) is 65.2 Å². The van der Waals surface area contributed by atoms with Gasteiger partial charge in [-0.05, 0) is 59.4 Å². The number of hydrogen-bond donors (Lipinski definition) is 1. The summed E-state index contributed by atoms with van der Waals surface area (Å²) in [5.41, 5.74) is 5.98. The third-order valence-electron chi connectivity index (χ3n) is 5.31. The molecule has 0 heterocycles. The smallest absolute Gasteiger partial charge is 0.237 e. The molecule has 0 aliphatic heterocycles. The molecule has 2 saturated carbocycles. The van der Waals surface area contributed by atoms with E-state index in [0.29, 0.717) is 36.6 Å². The van der Waals surface area contributed by atoms with Crippen LogP contribution in [0.25, 0.3) is 0 Å². The SMILES string of the molecule is CC(C)N(C(=O)CN(C)C1CCC(N)CC1)C1CCCC1. The van der Waals surface area contributed by atoms with Crippen LogP contribution in [-0.4, -0.2) is 53.5 Å². The van der Waals surface area contributed by atoms with E-state index >= 15 is 0 Å². The maximum Gasteiger partial charge on any atom is 0.237 e. The average Bonchev–Trinajstić information content (AvgIpc) is 2.92. The molecule has 0 unspecified atom stereocenters. The van der Waals surface area contributed by atoms with Gasteiger partial charge < -0.3 is 10.6 Å². The second-order valence-electron chi connectivity index (χ2n) is 7.32. The van der Waals surface area contributed by atoms with Crippen molar-refractivity contribution in [3.63, 3.8) is 0 Å². The molecule has 4 heteroatoms. The molecular formula is C17H33N3O. The van der Waals surface area contributed by atoms with Crippen molar-refractivity contribution in [3.05, 3.63) is 0 Å². The minimum absolute atomic E-state index is 0.314. The van der Waals surface area contributed by atoms with Crippen molar-refractivity contribution in [3.8, 4) is 0 Å². The first-order valence-corrected chi connectivity index (χ1v) is 8.76. The number of rotatable bonds is 5. The molecule has 2 rings (SSSR count). The minimum atomic E-state index is 0.314. The summed E-state index contributed by atoms with van der Waals surface area (Å²) in [4.78, 5) is 17.2. The molecule has 0 radical (unpaired) electrons. The molecule has 1 amide bonds. The highest BCUT2D eigenvalue weighted by Crippen LogP contribution is 2.26. The third kappa shape index (κ3) is 4.43. The van der Waals surface area contributed by atoms with Crippen LogP contribution in [-0.2, 0) is 4.79 Å². The van der Waals surface area contributed by atoms with Crippen LogP contribution in [0.3, 0.4) is 0 Å². The van der Waals surface area contributed by atoms with Crippen molar-refractivity contribution in [2.45, 2.75) is 89.4 Å². The van der Waals surface area contributed by atoms with Gasteiger partial charge >= 0.3 is 0 Å². The summed E-state index contributed by atoms with van der Waals surface area (Å²) in [7, 11) is 2.10. The highest BCUT2D eigenvalue weighted by molar-refractivity contribution is 5.79. The summed E-state index contributed by atoms with van der Waals surface area (Å²) in [5, 5.41) is 0. The minimum Gasteiger partial charge on any atom is -0.336 e. The molecule has 0 spiro atoms. The number of nitrogens with two attached hydrogens (primary N) is 1. The lowest BCUT2D eigenvalue weighted by Gasteiger charge is -2.37. The molecule has 0 aromatic carbocycles. The number of carbonyl (C=O) groups is 1. The maximum absolute atomic E-state index is 12.7. The van der Waals surface area contributed by atoms with E-state index < -0.39 is 0 Å². The predicted molar refractivity (Wildman–Crippen MR) is 87.1 cm³/mol. The highest BCUT2D eigenvalue weighted by Gasteiger charge is 2.30. The summed E-state index contributed by atoms with van der Waals surface area (Å²) >= 11 is 0. The zero-order chi connectivity index (χ0) is 15.4. The topological polar surface area (TPSA) is 49.6 Å². The molecule has 21 heavy (non-hydrogen) atoms. The van der Waals surface area contributed by atoms with Crippen LogP contribution >= 0.6 is 0 Å². The first kappa shape index (κ1) is 16.8. The van der Waals surface area contributed by atoms with Gasteiger partial charge in [0.1, 0.15) is 0 Å². The Morgan fingerprint density at radius 3 is 2.14 bits per heavy atom. The van der Waals surface area contributed by atoms with Crippen LogP contribution in [0.2, 0.25) is 0 Å². The van der Waals surface area contributed by atoms with Gasteiger partial charge in [0, 0.05) is 24.2 Å². The van der Waals surface area contributed by atoms with Gasteiger partial charge in [-0.25, -0.2) is 0 Å². The van der Waals surface area contributed by atoms with Crippen molar-refractivity contribution in [1.29, 1.82) is 0 Å². The Labute approximate surface area is 130 Å². The first-order chi connectivity index (χ1) is 9.99. The molecule has 0 saturated heterocycles. The number of hydrogen-bond acceptors (Lipinski definition) is 3. The lowest BCUT2D eigenvalue weighted by molar-refractivity contribution is -0.137. The predicted octanol–water partition coefficient (Wildman–Crippen LogP) is 2.37. The van der Waals surface area contributed by atoms with Crippen molar-refractivity contribution in [2.24, 2.45) is 5.73 Å². The second-order valence-corrected chi connectivity index (χ2v) is 7.32. The molecule has 0 aromatic heterocycles. The summed E-state index contributed by atoms with van der Waals surface area (Å²) in [5.74, 6) is 0.314. The monoisotopic (exact) mass is 295 g/mol. The lowest BCUT2D eigenvalue weighted by Crippen LogP contribution is -2.50. The van der Waals surface area contributed by atoms with Crippen LogP contribution < -0.4 is 5.73 Å². The molecule has 2 N–H and O–H groups in total. The Morgan fingerprint density at radius 1 is 1.05 bits per heavy atom. The van der Waals surface area contributed by atoms with Gasteiger partial charge in [0.2, 0.25) is 5.91 Å². The van der Waals surface area contributed by atoms with E-state index in [9.17, 15) is 4.79 Å². The fourth-order valence-electron chi connectivity index (χ4n) is 4.06. The molecular weight excluding hydrogens is 262 g/mol. The van der Waals surface area contributed by atoms with Crippen LogP contribution in [0, 0.1) is 0 Å². The van der Waals surface area contributed by atoms with Crippen molar-refractivity contribution in [1.82, 2.24) is 9.80 Å². The highest BCUT2D eigenvalue weighted by atomic mass is 16.2. The van der Waals surface area contributed by atoms with E-state index in [-0.39, 0.29) is 0 Å². The van der Waals surface area contributed by atoms with E-state index in [4.69, 9.17) is 5.73 Å². The van der Waals surface area contributed by atoms with Gasteiger partial charge in [-0.2, -0.15) is 0 Å². The average molecular weight is 295 g/mol. The normalized spacial score (nSPS) is 27.5. The van der Waals surface area contributed by atoms with E-state index in [1.807, 2.05) is 0 Å². The van der Waals surface area contributed by atoms with Crippen LogP contribution in [0.4, 0.5) is 0 Å². The van der Waals surface area contributed by atoms with E-state index in [0.717, 1.165) is 25.7 Å². The Hall–Kier alpha value is -0.610. The lowest BCUT2D eigenvalue weighted by atomic mass is 9.91. The Kier molecular flexibility index (Phi) is 6.06.